The van der Waals surface area contributed by atoms with Gasteiger partial charge < -0.3 is 9.64 Å². The van der Waals surface area contributed by atoms with Gasteiger partial charge in [0.2, 0.25) is 0 Å². The second-order valence-electron chi connectivity index (χ2n) is 10.5. The third-order valence-corrected chi connectivity index (χ3v) is 7.68. The van der Waals surface area contributed by atoms with E-state index in [2.05, 4.69) is 72.7 Å². The summed E-state index contributed by atoms with van der Waals surface area (Å²) in [5.74, 6) is 0.668. The van der Waals surface area contributed by atoms with Gasteiger partial charge >= 0.3 is 0 Å². The van der Waals surface area contributed by atoms with E-state index >= 15 is 0 Å². The number of benzene rings is 3. The van der Waals surface area contributed by atoms with Crippen LogP contribution in [0.1, 0.15) is 59.3 Å². The molecule has 1 heterocycles. The minimum atomic E-state index is -0.251. The summed E-state index contributed by atoms with van der Waals surface area (Å²) in [6, 6.07) is 22.5. The first kappa shape index (κ1) is 24.8. The average Bonchev–Trinajstić information content (AvgIpc) is 3.11. The SMILES string of the molecule is COc1ccc2c(c1)C(C)(C)/C(=C/C(Cc1ccccc1)=N/NC(=O)c1ccc3c(c1)CCCC3)N2C. The van der Waals surface area contributed by atoms with Crippen molar-refractivity contribution in [1.29, 1.82) is 0 Å². The van der Waals surface area contributed by atoms with Crippen LogP contribution in [0.3, 0.4) is 0 Å². The number of carbonyl (C=O) groups is 1. The quantitative estimate of drug-likeness (QED) is 0.328. The number of amides is 1. The fraction of sp³-hybridized carbons (Fsp3) is 0.312. The van der Waals surface area contributed by atoms with Crippen LogP contribution >= 0.6 is 0 Å². The molecule has 0 radical (unpaired) electrons. The Morgan fingerprint density at radius 2 is 1.78 bits per heavy atom. The van der Waals surface area contributed by atoms with Crippen molar-refractivity contribution in [3.63, 3.8) is 0 Å². The molecule has 2 aliphatic rings. The molecule has 0 unspecified atom stereocenters. The summed E-state index contributed by atoms with van der Waals surface area (Å²) < 4.78 is 5.50. The van der Waals surface area contributed by atoms with Crippen molar-refractivity contribution < 1.29 is 9.53 Å². The number of carbonyl (C=O) groups excluding carboxylic acids is 1. The highest BCUT2D eigenvalue weighted by atomic mass is 16.5. The molecule has 1 aliphatic carbocycles. The van der Waals surface area contributed by atoms with Crippen molar-refractivity contribution >= 4 is 17.3 Å². The van der Waals surface area contributed by atoms with Crippen molar-refractivity contribution in [3.8, 4) is 5.75 Å². The monoisotopic (exact) mass is 493 g/mol. The smallest absolute Gasteiger partial charge is 0.271 e. The Labute approximate surface area is 219 Å². The van der Waals surface area contributed by atoms with Gasteiger partial charge in [-0.2, -0.15) is 5.10 Å². The number of methoxy groups -OCH3 is 1. The van der Waals surface area contributed by atoms with Crippen LogP contribution < -0.4 is 15.1 Å². The van der Waals surface area contributed by atoms with Gasteiger partial charge in [0.1, 0.15) is 5.75 Å². The number of nitrogens with zero attached hydrogens (tertiary/aromatic N) is 2. The van der Waals surface area contributed by atoms with Crippen LogP contribution in [0, 0.1) is 0 Å². The molecular formula is C32H35N3O2. The zero-order valence-electron chi connectivity index (χ0n) is 22.2. The number of allylic oxidation sites excluding steroid dienone is 2. The Hall–Kier alpha value is -3.86. The number of hydrazone groups is 1. The van der Waals surface area contributed by atoms with E-state index in [0.29, 0.717) is 12.0 Å². The molecular weight excluding hydrogens is 458 g/mol. The maximum absolute atomic E-state index is 13.1. The van der Waals surface area contributed by atoms with Crippen LogP contribution in [0.4, 0.5) is 5.69 Å². The number of anilines is 1. The molecule has 0 fully saturated rings. The lowest BCUT2D eigenvalue weighted by Gasteiger charge is -2.24. The topological polar surface area (TPSA) is 53.9 Å². The first-order valence-corrected chi connectivity index (χ1v) is 13.0. The summed E-state index contributed by atoms with van der Waals surface area (Å²) in [5, 5.41) is 4.66. The van der Waals surface area contributed by atoms with E-state index < -0.39 is 0 Å². The first-order chi connectivity index (χ1) is 17.9. The first-order valence-electron chi connectivity index (χ1n) is 13.0. The number of hydrogen-bond donors (Lipinski definition) is 1. The molecule has 0 saturated heterocycles. The number of rotatable bonds is 6. The van der Waals surface area contributed by atoms with Crippen molar-refractivity contribution in [2.24, 2.45) is 5.10 Å². The van der Waals surface area contributed by atoms with E-state index in [9.17, 15) is 4.79 Å². The van der Waals surface area contributed by atoms with Crippen molar-refractivity contribution in [2.75, 3.05) is 19.1 Å². The molecule has 3 aromatic rings. The molecule has 0 saturated carbocycles. The Bertz CT molecular complexity index is 1370. The average molecular weight is 494 g/mol. The van der Waals surface area contributed by atoms with Crippen molar-refractivity contribution in [1.82, 2.24) is 5.43 Å². The fourth-order valence-electron chi connectivity index (χ4n) is 5.55. The summed E-state index contributed by atoms with van der Waals surface area (Å²) in [6.07, 6.45) is 7.27. The second-order valence-corrected chi connectivity index (χ2v) is 10.5. The van der Waals surface area contributed by atoms with Gasteiger partial charge in [-0.05, 0) is 84.3 Å². The van der Waals surface area contributed by atoms with Gasteiger partial charge in [0.05, 0.1) is 12.8 Å². The summed E-state index contributed by atoms with van der Waals surface area (Å²) in [5.41, 5.74) is 11.3. The van der Waals surface area contributed by atoms with Gasteiger partial charge in [-0.1, -0.05) is 50.2 Å². The van der Waals surface area contributed by atoms with Gasteiger partial charge in [-0.15, -0.1) is 0 Å². The molecule has 0 aromatic heterocycles. The molecule has 0 spiro atoms. The lowest BCUT2D eigenvalue weighted by molar-refractivity contribution is 0.0954. The zero-order chi connectivity index (χ0) is 26.0. The van der Waals surface area contributed by atoms with E-state index in [1.54, 1.807) is 7.11 Å². The minimum absolute atomic E-state index is 0.176. The van der Waals surface area contributed by atoms with E-state index in [4.69, 9.17) is 4.74 Å². The van der Waals surface area contributed by atoms with Crippen molar-refractivity contribution in [3.05, 3.63) is 106 Å². The number of aryl methyl sites for hydroxylation is 2. The van der Waals surface area contributed by atoms with Crippen LogP contribution in [-0.2, 0) is 24.7 Å². The highest BCUT2D eigenvalue weighted by Gasteiger charge is 2.39. The summed E-state index contributed by atoms with van der Waals surface area (Å²) in [7, 11) is 3.78. The largest absolute Gasteiger partial charge is 0.497 e. The lowest BCUT2D eigenvalue weighted by atomic mass is 9.83. The molecule has 5 heteroatoms. The predicted molar refractivity (Wildman–Crippen MR) is 151 cm³/mol. The fourth-order valence-corrected chi connectivity index (χ4v) is 5.55. The van der Waals surface area contributed by atoms with E-state index in [0.717, 1.165) is 41.3 Å². The Morgan fingerprint density at radius 3 is 2.54 bits per heavy atom. The molecule has 1 aliphatic heterocycles. The Balaban J connectivity index is 1.46. The molecule has 190 valence electrons. The standard InChI is InChI=1S/C32H35N3O2/c1-32(2)28-21-27(37-4)16-17-29(28)35(3)30(32)20-26(18-22-10-6-5-7-11-22)33-34-31(36)25-15-14-23-12-8-9-13-24(23)19-25/h5-7,10-11,14-17,19-21H,8-9,12-13,18H2,1-4H3,(H,34,36)/b30-20-,33-26+. The van der Waals surface area contributed by atoms with Crippen molar-refractivity contribution in [2.45, 2.75) is 51.4 Å². The molecule has 1 N–H and O–H groups in total. The number of hydrogen-bond acceptors (Lipinski definition) is 4. The van der Waals surface area contributed by atoms with Crippen LogP contribution in [0.15, 0.2) is 83.6 Å². The van der Waals surface area contributed by atoms with Gasteiger partial charge in [0.25, 0.3) is 5.91 Å². The van der Waals surface area contributed by atoms with Gasteiger partial charge in [0.15, 0.2) is 0 Å². The maximum Gasteiger partial charge on any atom is 0.271 e. The molecule has 5 nitrogen and oxygen atoms in total. The number of likely N-dealkylation sites (N-methyl/N-ethyl adjacent to an activating group) is 1. The van der Waals surface area contributed by atoms with Gasteiger partial charge in [-0.3, -0.25) is 4.79 Å². The number of nitrogens with one attached hydrogen (secondary N) is 1. The Kier molecular flexibility index (Phi) is 6.88. The molecule has 1 amide bonds. The number of fused-ring (bicyclic) bond motifs is 2. The number of ether oxygens (including phenoxy) is 1. The maximum atomic E-state index is 13.1. The molecule has 37 heavy (non-hydrogen) atoms. The summed E-state index contributed by atoms with van der Waals surface area (Å²) >= 11 is 0. The normalized spacial score (nSPS) is 17.4. The van der Waals surface area contributed by atoms with E-state index in [1.807, 2.05) is 36.4 Å². The third-order valence-electron chi connectivity index (χ3n) is 7.68. The summed E-state index contributed by atoms with van der Waals surface area (Å²) in [6.45, 7) is 4.43. The van der Waals surface area contributed by atoms with Crippen LogP contribution in [0.5, 0.6) is 5.75 Å². The Morgan fingerprint density at radius 1 is 1.03 bits per heavy atom. The third kappa shape index (κ3) is 5.04. The highest BCUT2D eigenvalue weighted by Crippen LogP contribution is 2.48. The van der Waals surface area contributed by atoms with Crippen LogP contribution in [0.2, 0.25) is 0 Å². The lowest BCUT2D eigenvalue weighted by Crippen LogP contribution is -2.25. The van der Waals surface area contributed by atoms with Gasteiger partial charge in [-0.25, -0.2) is 5.43 Å². The zero-order valence-corrected chi connectivity index (χ0v) is 22.2. The molecule has 5 rings (SSSR count). The van der Waals surface area contributed by atoms with Crippen LogP contribution in [-0.4, -0.2) is 25.8 Å². The van der Waals surface area contributed by atoms with E-state index in [1.165, 1.54) is 29.5 Å². The highest BCUT2D eigenvalue weighted by molar-refractivity contribution is 6.01. The van der Waals surface area contributed by atoms with E-state index in [-0.39, 0.29) is 11.3 Å². The molecule has 0 atom stereocenters. The minimum Gasteiger partial charge on any atom is -0.497 e. The molecule has 3 aromatic carbocycles. The molecule has 0 bridgehead atoms. The second kappa shape index (κ2) is 10.3. The predicted octanol–water partition coefficient (Wildman–Crippen LogP) is 6.21. The van der Waals surface area contributed by atoms with Crippen LogP contribution in [0.25, 0.3) is 0 Å². The summed E-state index contributed by atoms with van der Waals surface area (Å²) in [4.78, 5) is 15.3. The van der Waals surface area contributed by atoms with Gasteiger partial charge in [0, 0.05) is 35.8 Å².